The van der Waals surface area contributed by atoms with Crippen LogP contribution < -0.4 is 10.6 Å². The van der Waals surface area contributed by atoms with Crippen molar-refractivity contribution in [1.82, 2.24) is 10.6 Å². The molecular formula is C13H16N4. The van der Waals surface area contributed by atoms with E-state index in [9.17, 15) is 0 Å². The maximum absolute atomic E-state index is 8.81. The summed E-state index contributed by atoms with van der Waals surface area (Å²) in [6, 6.07) is 10.3. The third-order valence-corrected chi connectivity index (χ3v) is 2.66. The van der Waals surface area contributed by atoms with Gasteiger partial charge in [-0.25, -0.2) is 0 Å². The predicted octanol–water partition coefficient (Wildman–Crippen LogP) is 1.39. The van der Waals surface area contributed by atoms with Crippen LogP contribution in [0, 0.1) is 11.3 Å². The molecule has 1 saturated carbocycles. The molecule has 0 aliphatic heterocycles. The largest absolute Gasteiger partial charge is 0.354 e. The van der Waals surface area contributed by atoms with Crippen molar-refractivity contribution >= 4 is 5.96 Å². The highest BCUT2D eigenvalue weighted by molar-refractivity contribution is 5.80. The van der Waals surface area contributed by atoms with Crippen LogP contribution in [0.2, 0.25) is 0 Å². The van der Waals surface area contributed by atoms with Crippen LogP contribution in [0.25, 0.3) is 0 Å². The van der Waals surface area contributed by atoms with Gasteiger partial charge in [0.1, 0.15) is 0 Å². The molecule has 0 saturated heterocycles. The zero-order valence-electron chi connectivity index (χ0n) is 9.90. The fourth-order valence-corrected chi connectivity index (χ4v) is 1.55. The summed E-state index contributed by atoms with van der Waals surface area (Å²) >= 11 is 0. The van der Waals surface area contributed by atoms with Crippen LogP contribution in [0.15, 0.2) is 29.3 Å². The van der Waals surface area contributed by atoms with E-state index >= 15 is 0 Å². The number of rotatable bonds is 3. The Bertz CT molecular complexity index is 455. The number of nitrogens with one attached hydrogen (secondary N) is 2. The number of aliphatic imine (C=N–C) groups is 1. The Balaban J connectivity index is 1.89. The summed E-state index contributed by atoms with van der Waals surface area (Å²) in [5.41, 5.74) is 1.78. The molecule has 0 heterocycles. The summed E-state index contributed by atoms with van der Waals surface area (Å²) in [6.07, 6.45) is 2.45. The Labute approximate surface area is 101 Å². The molecule has 1 aliphatic rings. The van der Waals surface area contributed by atoms with Gasteiger partial charge in [-0.05, 0) is 30.5 Å². The molecule has 4 nitrogen and oxygen atoms in total. The molecule has 0 aromatic heterocycles. The number of hydrogen-bond donors (Lipinski definition) is 2. The fourth-order valence-electron chi connectivity index (χ4n) is 1.55. The average molecular weight is 228 g/mol. The smallest absolute Gasteiger partial charge is 0.191 e. The SMILES string of the molecule is CN=C(NCc1cccc(C#N)c1)NC1CC1. The first-order valence-corrected chi connectivity index (χ1v) is 5.78. The van der Waals surface area contributed by atoms with Crippen molar-refractivity contribution in [3.63, 3.8) is 0 Å². The van der Waals surface area contributed by atoms with E-state index in [0.717, 1.165) is 11.5 Å². The van der Waals surface area contributed by atoms with Crippen LogP contribution in [-0.2, 0) is 6.54 Å². The molecule has 0 atom stereocenters. The molecule has 1 aliphatic carbocycles. The first-order valence-electron chi connectivity index (χ1n) is 5.78. The van der Waals surface area contributed by atoms with E-state index in [1.165, 1.54) is 12.8 Å². The Morgan fingerprint density at radius 1 is 1.53 bits per heavy atom. The fraction of sp³-hybridized carbons (Fsp3) is 0.385. The number of hydrogen-bond acceptors (Lipinski definition) is 2. The number of benzene rings is 1. The molecule has 0 amide bonds. The van der Waals surface area contributed by atoms with Crippen molar-refractivity contribution in [3.8, 4) is 6.07 Å². The molecule has 0 unspecified atom stereocenters. The maximum atomic E-state index is 8.81. The first kappa shape index (κ1) is 11.5. The summed E-state index contributed by atoms with van der Waals surface area (Å²) in [5, 5.41) is 15.4. The average Bonchev–Trinajstić information content (AvgIpc) is 3.18. The third kappa shape index (κ3) is 3.49. The minimum atomic E-state index is 0.589. The Hall–Kier alpha value is -2.02. The lowest BCUT2D eigenvalue weighted by atomic mass is 10.1. The second-order valence-corrected chi connectivity index (χ2v) is 4.16. The molecule has 17 heavy (non-hydrogen) atoms. The van der Waals surface area contributed by atoms with Crippen molar-refractivity contribution in [2.45, 2.75) is 25.4 Å². The molecule has 2 rings (SSSR count). The number of nitrogens with zero attached hydrogens (tertiary/aromatic N) is 2. The van der Waals surface area contributed by atoms with Gasteiger partial charge in [-0.1, -0.05) is 12.1 Å². The van der Waals surface area contributed by atoms with Crippen LogP contribution in [0.5, 0.6) is 0 Å². The Morgan fingerprint density at radius 2 is 2.35 bits per heavy atom. The third-order valence-electron chi connectivity index (χ3n) is 2.66. The molecule has 4 heteroatoms. The topological polar surface area (TPSA) is 60.2 Å². The zero-order valence-corrected chi connectivity index (χ0v) is 9.90. The minimum Gasteiger partial charge on any atom is -0.354 e. The Kier molecular flexibility index (Phi) is 3.61. The van der Waals surface area contributed by atoms with E-state index in [2.05, 4.69) is 21.7 Å². The van der Waals surface area contributed by atoms with Gasteiger partial charge in [0.15, 0.2) is 5.96 Å². The molecule has 88 valence electrons. The van der Waals surface area contributed by atoms with Gasteiger partial charge in [-0.15, -0.1) is 0 Å². The van der Waals surface area contributed by atoms with Gasteiger partial charge in [-0.2, -0.15) is 5.26 Å². The second kappa shape index (κ2) is 5.35. The molecule has 1 aromatic carbocycles. The normalized spacial score (nSPS) is 15.2. The maximum Gasteiger partial charge on any atom is 0.191 e. The van der Waals surface area contributed by atoms with Gasteiger partial charge in [0.05, 0.1) is 11.6 Å². The number of nitriles is 1. The monoisotopic (exact) mass is 228 g/mol. The lowest BCUT2D eigenvalue weighted by molar-refractivity contribution is 0.805. The first-order chi connectivity index (χ1) is 8.31. The summed E-state index contributed by atoms with van der Waals surface area (Å²) in [6.45, 7) is 0.682. The molecule has 1 aromatic rings. The Morgan fingerprint density at radius 3 is 3.00 bits per heavy atom. The standard InChI is InChI=1S/C13H16N4/c1-15-13(17-12-5-6-12)16-9-11-4-2-3-10(7-11)8-14/h2-4,7,12H,5-6,9H2,1H3,(H2,15,16,17). The number of guanidine groups is 1. The quantitative estimate of drug-likeness (QED) is 0.607. The highest BCUT2D eigenvalue weighted by Crippen LogP contribution is 2.18. The van der Waals surface area contributed by atoms with Gasteiger partial charge >= 0.3 is 0 Å². The summed E-state index contributed by atoms with van der Waals surface area (Å²) in [7, 11) is 1.77. The summed E-state index contributed by atoms with van der Waals surface area (Å²) in [4.78, 5) is 4.16. The molecule has 0 spiro atoms. The molecule has 0 radical (unpaired) electrons. The molecular weight excluding hydrogens is 212 g/mol. The second-order valence-electron chi connectivity index (χ2n) is 4.16. The van der Waals surface area contributed by atoms with E-state index < -0.39 is 0 Å². The van der Waals surface area contributed by atoms with Crippen molar-refractivity contribution in [1.29, 1.82) is 5.26 Å². The van der Waals surface area contributed by atoms with Crippen LogP contribution in [-0.4, -0.2) is 19.0 Å². The molecule has 2 N–H and O–H groups in total. The lowest BCUT2D eigenvalue weighted by Crippen LogP contribution is -2.38. The lowest BCUT2D eigenvalue weighted by Gasteiger charge is -2.11. The van der Waals surface area contributed by atoms with Gasteiger partial charge in [0, 0.05) is 19.6 Å². The van der Waals surface area contributed by atoms with Gasteiger partial charge < -0.3 is 10.6 Å². The predicted molar refractivity (Wildman–Crippen MR) is 67.5 cm³/mol. The summed E-state index contributed by atoms with van der Waals surface area (Å²) < 4.78 is 0. The van der Waals surface area contributed by atoms with E-state index in [1.807, 2.05) is 18.2 Å². The van der Waals surface area contributed by atoms with Gasteiger partial charge in [0.2, 0.25) is 0 Å². The van der Waals surface area contributed by atoms with Crippen LogP contribution >= 0.6 is 0 Å². The van der Waals surface area contributed by atoms with Crippen LogP contribution in [0.3, 0.4) is 0 Å². The van der Waals surface area contributed by atoms with Crippen molar-refractivity contribution < 1.29 is 0 Å². The van der Waals surface area contributed by atoms with Gasteiger partial charge in [-0.3, -0.25) is 4.99 Å². The van der Waals surface area contributed by atoms with E-state index in [-0.39, 0.29) is 0 Å². The molecule has 1 fully saturated rings. The van der Waals surface area contributed by atoms with Gasteiger partial charge in [0.25, 0.3) is 0 Å². The van der Waals surface area contributed by atoms with E-state index in [4.69, 9.17) is 5.26 Å². The van der Waals surface area contributed by atoms with Crippen molar-refractivity contribution in [2.24, 2.45) is 4.99 Å². The highest BCUT2D eigenvalue weighted by Gasteiger charge is 2.21. The van der Waals surface area contributed by atoms with Crippen LogP contribution in [0.1, 0.15) is 24.0 Å². The van der Waals surface area contributed by atoms with E-state index in [1.54, 1.807) is 13.1 Å². The molecule has 0 bridgehead atoms. The van der Waals surface area contributed by atoms with E-state index in [0.29, 0.717) is 18.2 Å². The summed E-state index contributed by atoms with van der Waals surface area (Å²) in [5.74, 6) is 0.829. The van der Waals surface area contributed by atoms with Crippen molar-refractivity contribution in [2.75, 3.05) is 7.05 Å². The highest BCUT2D eigenvalue weighted by atomic mass is 15.2. The van der Waals surface area contributed by atoms with Crippen LogP contribution in [0.4, 0.5) is 0 Å². The van der Waals surface area contributed by atoms with Crippen molar-refractivity contribution in [3.05, 3.63) is 35.4 Å². The minimum absolute atomic E-state index is 0.589. The zero-order chi connectivity index (χ0) is 12.1.